The topological polar surface area (TPSA) is 66.7 Å². The number of aromatic nitrogens is 1. The van der Waals surface area contributed by atoms with Crippen molar-refractivity contribution in [2.45, 2.75) is 44.6 Å². The molecular weight excluding hydrogens is 318 g/mol. The van der Waals surface area contributed by atoms with Crippen molar-refractivity contribution in [3.05, 3.63) is 30.2 Å². The molecule has 132 valence electrons. The van der Waals surface area contributed by atoms with E-state index in [1.54, 1.807) is 11.8 Å². The van der Waals surface area contributed by atoms with E-state index in [4.69, 9.17) is 4.42 Å². The molecule has 6 nitrogen and oxygen atoms in total. The van der Waals surface area contributed by atoms with E-state index in [2.05, 4.69) is 4.98 Å². The lowest BCUT2D eigenvalue weighted by molar-refractivity contribution is -0.143. The van der Waals surface area contributed by atoms with E-state index in [0.717, 1.165) is 42.7 Å². The van der Waals surface area contributed by atoms with Crippen LogP contribution in [-0.2, 0) is 9.59 Å². The normalized spacial score (nSPS) is 21.9. The van der Waals surface area contributed by atoms with Gasteiger partial charge in [-0.3, -0.25) is 9.59 Å². The molecule has 0 aliphatic carbocycles. The number of para-hydroxylation sites is 2. The van der Waals surface area contributed by atoms with Crippen molar-refractivity contribution in [1.82, 2.24) is 14.8 Å². The highest BCUT2D eigenvalue weighted by Crippen LogP contribution is 2.31. The highest BCUT2D eigenvalue weighted by Gasteiger charge is 2.37. The van der Waals surface area contributed by atoms with Gasteiger partial charge < -0.3 is 14.2 Å². The number of amides is 2. The van der Waals surface area contributed by atoms with Crippen LogP contribution in [0.25, 0.3) is 11.1 Å². The highest BCUT2D eigenvalue weighted by molar-refractivity contribution is 5.87. The summed E-state index contributed by atoms with van der Waals surface area (Å²) in [5, 5.41) is 0. The zero-order valence-corrected chi connectivity index (χ0v) is 14.5. The Morgan fingerprint density at radius 2 is 1.88 bits per heavy atom. The molecule has 0 spiro atoms. The largest absolute Gasteiger partial charge is 0.440 e. The van der Waals surface area contributed by atoms with E-state index in [9.17, 15) is 9.59 Å². The Kier molecular flexibility index (Phi) is 4.19. The van der Waals surface area contributed by atoms with Gasteiger partial charge in [0.2, 0.25) is 11.8 Å². The maximum atomic E-state index is 12.8. The second kappa shape index (κ2) is 6.50. The summed E-state index contributed by atoms with van der Waals surface area (Å²) in [4.78, 5) is 32.7. The second-order valence-corrected chi connectivity index (χ2v) is 6.99. The molecule has 1 atom stereocenters. The van der Waals surface area contributed by atoms with Gasteiger partial charge in [0.25, 0.3) is 0 Å². The van der Waals surface area contributed by atoms with E-state index in [1.165, 1.54) is 0 Å². The summed E-state index contributed by atoms with van der Waals surface area (Å²) in [5.74, 6) is 1.13. The molecule has 2 fully saturated rings. The predicted octanol–water partition coefficient (Wildman–Crippen LogP) is 2.54. The number of carbonyl (C=O) groups excluding carboxylic acids is 2. The molecular formula is C19H23N3O3. The Balaban J connectivity index is 1.41. The van der Waals surface area contributed by atoms with Gasteiger partial charge in [0.1, 0.15) is 11.6 Å². The van der Waals surface area contributed by atoms with Crippen LogP contribution >= 0.6 is 0 Å². The Labute approximate surface area is 146 Å². The molecule has 2 saturated heterocycles. The number of hydrogen-bond acceptors (Lipinski definition) is 4. The monoisotopic (exact) mass is 341 g/mol. The first kappa shape index (κ1) is 16.1. The van der Waals surface area contributed by atoms with Crippen molar-refractivity contribution in [3.8, 4) is 0 Å². The van der Waals surface area contributed by atoms with Crippen LogP contribution in [-0.4, -0.2) is 52.3 Å². The minimum absolute atomic E-state index is 0.00258. The molecule has 0 saturated carbocycles. The standard InChI is InChI=1S/C19H23N3O3/c1-13(23)22-10-4-6-16(22)19(24)21-11-8-14(9-12-21)18-20-15-5-2-3-7-17(15)25-18/h2-3,5,7,14,16H,4,6,8-12H2,1H3/t16-/m0/s1. The summed E-state index contributed by atoms with van der Waals surface area (Å²) in [6.07, 6.45) is 3.40. The number of hydrogen-bond donors (Lipinski definition) is 0. The summed E-state index contributed by atoms with van der Waals surface area (Å²) in [7, 11) is 0. The third-order valence-corrected chi connectivity index (χ3v) is 5.41. The van der Waals surface area contributed by atoms with Crippen molar-refractivity contribution in [2.24, 2.45) is 0 Å². The predicted molar refractivity (Wildman–Crippen MR) is 93.0 cm³/mol. The SMILES string of the molecule is CC(=O)N1CCC[C@H]1C(=O)N1CCC(c2nc3ccccc3o2)CC1. The summed E-state index contributed by atoms with van der Waals surface area (Å²) in [5.41, 5.74) is 1.71. The van der Waals surface area contributed by atoms with E-state index in [0.29, 0.717) is 19.6 Å². The molecule has 2 aromatic rings. The van der Waals surface area contributed by atoms with Gasteiger partial charge in [-0.15, -0.1) is 0 Å². The van der Waals surface area contributed by atoms with Crippen LogP contribution in [0.1, 0.15) is 44.4 Å². The number of rotatable bonds is 2. The van der Waals surface area contributed by atoms with Crippen LogP contribution in [0.15, 0.2) is 28.7 Å². The molecule has 0 N–H and O–H groups in total. The Bertz CT molecular complexity index is 759. The molecule has 1 aromatic carbocycles. The quantitative estimate of drug-likeness (QED) is 0.842. The first-order valence-corrected chi connectivity index (χ1v) is 9.05. The maximum absolute atomic E-state index is 12.8. The minimum Gasteiger partial charge on any atom is -0.440 e. The molecule has 2 amide bonds. The van der Waals surface area contributed by atoms with Gasteiger partial charge >= 0.3 is 0 Å². The molecule has 2 aliphatic heterocycles. The van der Waals surface area contributed by atoms with Gasteiger partial charge in [0.15, 0.2) is 11.5 Å². The van der Waals surface area contributed by atoms with E-state index < -0.39 is 0 Å². The van der Waals surface area contributed by atoms with Crippen LogP contribution in [0.5, 0.6) is 0 Å². The Morgan fingerprint density at radius 1 is 1.12 bits per heavy atom. The van der Waals surface area contributed by atoms with Crippen molar-refractivity contribution >= 4 is 22.9 Å². The number of fused-ring (bicyclic) bond motifs is 1. The number of piperidine rings is 1. The summed E-state index contributed by atoms with van der Waals surface area (Å²) in [6.45, 7) is 3.64. The smallest absolute Gasteiger partial charge is 0.245 e. The fraction of sp³-hybridized carbons (Fsp3) is 0.526. The van der Waals surface area contributed by atoms with Crippen LogP contribution < -0.4 is 0 Å². The van der Waals surface area contributed by atoms with E-state index in [-0.39, 0.29) is 23.8 Å². The zero-order valence-electron chi connectivity index (χ0n) is 14.5. The highest BCUT2D eigenvalue weighted by atomic mass is 16.3. The first-order chi connectivity index (χ1) is 12.1. The van der Waals surface area contributed by atoms with Crippen molar-refractivity contribution in [3.63, 3.8) is 0 Å². The number of nitrogens with zero attached hydrogens (tertiary/aromatic N) is 3. The van der Waals surface area contributed by atoms with Crippen molar-refractivity contribution in [2.75, 3.05) is 19.6 Å². The lowest BCUT2D eigenvalue weighted by atomic mass is 9.96. The molecule has 0 bridgehead atoms. The molecule has 1 aromatic heterocycles. The van der Waals surface area contributed by atoms with Crippen LogP contribution in [0, 0.1) is 0 Å². The summed E-state index contributed by atoms with van der Waals surface area (Å²) in [6, 6.07) is 7.52. The minimum atomic E-state index is -0.265. The number of oxazole rings is 1. The lowest BCUT2D eigenvalue weighted by Crippen LogP contribution is -2.49. The molecule has 6 heteroatoms. The molecule has 25 heavy (non-hydrogen) atoms. The van der Waals surface area contributed by atoms with Gasteiger partial charge in [0.05, 0.1) is 0 Å². The third kappa shape index (κ3) is 3.01. The fourth-order valence-corrected chi connectivity index (χ4v) is 4.02. The Hall–Kier alpha value is -2.37. The third-order valence-electron chi connectivity index (χ3n) is 5.41. The van der Waals surface area contributed by atoms with Gasteiger partial charge in [-0.1, -0.05) is 12.1 Å². The second-order valence-electron chi connectivity index (χ2n) is 6.99. The molecule has 0 unspecified atom stereocenters. The van der Waals surface area contributed by atoms with E-state index >= 15 is 0 Å². The first-order valence-electron chi connectivity index (χ1n) is 9.05. The Morgan fingerprint density at radius 3 is 2.60 bits per heavy atom. The van der Waals surface area contributed by atoms with Gasteiger partial charge in [-0.2, -0.15) is 0 Å². The summed E-state index contributed by atoms with van der Waals surface area (Å²) < 4.78 is 5.88. The van der Waals surface area contributed by atoms with Gasteiger partial charge in [0, 0.05) is 32.5 Å². The average Bonchev–Trinajstić information content (AvgIpc) is 3.28. The molecule has 2 aliphatic rings. The molecule has 4 rings (SSSR count). The van der Waals surface area contributed by atoms with Gasteiger partial charge in [-0.05, 0) is 37.8 Å². The zero-order chi connectivity index (χ0) is 17.4. The lowest BCUT2D eigenvalue weighted by Gasteiger charge is -2.34. The molecule has 3 heterocycles. The number of carbonyl (C=O) groups is 2. The number of likely N-dealkylation sites (tertiary alicyclic amines) is 2. The van der Waals surface area contributed by atoms with Crippen LogP contribution in [0.4, 0.5) is 0 Å². The maximum Gasteiger partial charge on any atom is 0.245 e. The summed E-state index contributed by atoms with van der Waals surface area (Å²) >= 11 is 0. The van der Waals surface area contributed by atoms with Crippen LogP contribution in [0.3, 0.4) is 0 Å². The van der Waals surface area contributed by atoms with Crippen molar-refractivity contribution < 1.29 is 14.0 Å². The van der Waals surface area contributed by atoms with Gasteiger partial charge in [-0.25, -0.2) is 4.98 Å². The number of benzene rings is 1. The van der Waals surface area contributed by atoms with Crippen LogP contribution in [0.2, 0.25) is 0 Å². The van der Waals surface area contributed by atoms with E-state index in [1.807, 2.05) is 29.2 Å². The fourth-order valence-electron chi connectivity index (χ4n) is 4.02. The van der Waals surface area contributed by atoms with Crippen molar-refractivity contribution in [1.29, 1.82) is 0 Å². The average molecular weight is 341 g/mol. The molecule has 0 radical (unpaired) electrons.